The van der Waals surface area contributed by atoms with E-state index in [0.717, 1.165) is 32.5 Å². The molecule has 1 aromatic heterocycles. The van der Waals surface area contributed by atoms with Crippen LogP contribution in [0.1, 0.15) is 21.7 Å². The molecule has 3 aromatic carbocycles. The van der Waals surface area contributed by atoms with Crippen LogP contribution in [0.2, 0.25) is 0 Å². The molecular weight excluding hydrogens is 428 g/mol. The highest BCUT2D eigenvalue weighted by Crippen LogP contribution is 2.24. The molecule has 0 saturated heterocycles. The number of halogens is 1. The predicted molar refractivity (Wildman–Crippen MR) is 118 cm³/mol. The molecular formula is C23H19BrN4O. The first-order valence-electron chi connectivity index (χ1n) is 9.19. The third-order valence-corrected chi connectivity index (χ3v) is 5.29. The number of nitrogens with one attached hydrogen (secondary N) is 1. The van der Waals surface area contributed by atoms with Crippen LogP contribution in [0.3, 0.4) is 0 Å². The van der Waals surface area contributed by atoms with Gasteiger partial charge in [-0.15, -0.1) is 5.10 Å². The Kier molecular flexibility index (Phi) is 5.27. The molecule has 0 aliphatic heterocycles. The van der Waals surface area contributed by atoms with Crippen molar-refractivity contribution in [2.75, 3.05) is 5.32 Å². The van der Waals surface area contributed by atoms with Crippen molar-refractivity contribution >= 4 is 27.5 Å². The van der Waals surface area contributed by atoms with Crippen LogP contribution < -0.4 is 5.32 Å². The predicted octanol–water partition coefficient (Wildman–Crippen LogP) is 5.57. The third-order valence-electron chi connectivity index (χ3n) is 4.77. The van der Waals surface area contributed by atoms with Gasteiger partial charge in [0.15, 0.2) is 5.82 Å². The molecule has 1 N–H and O–H groups in total. The van der Waals surface area contributed by atoms with Gasteiger partial charge in [-0.1, -0.05) is 58.4 Å². The van der Waals surface area contributed by atoms with Gasteiger partial charge >= 0.3 is 0 Å². The van der Waals surface area contributed by atoms with Gasteiger partial charge in [0.25, 0.3) is 5.91 Å². The van der Waals surface area contributed by atoms with E-state index in [9.17, 15) is 4.79 Å². The fourth-order valence-corrected chi connectivity index (χ4v) is 3.27. The molecule has 5 nitrogen and oxygen atoms in total. The van der Waals surface area contributed by atoms with E-state index >= 15 is 0 Å². The number of carbonyl (C=O) groups is 1. The topological polar surface area (TPSA) is 59.8 Å². The number of amides is 1. The summed E-state index contributed by atoms with van der Waals surface area (Å²) in [4.78, 5) is 17.5. The van der Waals surface area contributed by atoms with Crippen molar-refractivity contribution < 1.29 is 4.79 Å². The van der Waals surface area contributed by atoms with Gasteiger partial charge in [0, 0.05) is 15.7 Å². The van der Waals surface area contributed by atoms with Crippen LogP contribution in [0.25, 0.3) is 17.1 Å². The summed E-state index contributed by atoms with van der Waals surface area (Å²) < 4.78 is 2.67. The average Bonchev–Trinajstić information content (AvgIpc) is 3.18. The Morgan fingerprint density at radius 2 is 1.66 bits per heavy atom. The number of para-hydroxylation sites is 1. The number of nitrogens with zero attached hydrogens (tertiary/aromatic N) is 3. The fourth-order valence-electron chi connectivity index (χ4n) is 3.01. The van der Waals surface area contributed by atoms with Gasteiger partial charge in [-0.25, -0.2) is 9.67 Å². The maximum absolute atomic E-state index is 12.9. The van der Waals surface area contributed by atoms with Crippen molar-refractivity contribution in [3.8, 4) is 17.1 Å². The molecule has 4 aromatic rings. The minimum absolute atomic E-state index is 0.118. The number of hydrogen-bond acceptors (Lipinski definition) is 3. The lowest BCUT2D eigenvalue weighted by Crippen LogP contribution is -2.15. The summed E-state index contributed by atoms with van der Waals surface area (Å²) in [5, 5.41) is 7.44. The van der Waals surface area contributed by atoms with Crippen molar-refractivity contribution in [2.45, 2.75) is 13.8 Å². The number of anilines is 1. The number of aromatic nitrogens is 3. The van der Waals surface area contributed by atoms with Gasteiger partial charge in [-0.3, -0.25) is 4.79 Å². The van der Waals surface area contributed by atoms with E-state index in [-0.39, 0.29) is 11.7 Å². The highest BCUT2D eigenvalue weighted by atomic mass is 79.9. The Labute approximate surface area is 177 Å². The van der Waals surface area contributed by atoms with E-state index in [1.807, 2.05) is 86.6 Å². The Bertz CT molecular complexity index is 1170. The molecule has 144 valence electrons. The van der Waals surface area contributed by atoms with Gasteiger partial charge in [-0.05, 0) is 55.3 Å². The second-order valence-electron chi connectivity index (χ2n) is 6.71. The van der Waals surface area contributed by atoms with Gasteiger partial charge in [0.05, 0.1) is 5.69 Å². The number of rotatable bonds is 4. The molecule has 4 rings (SSSR count). The molecule has 0 unspecified atom stereocenters. The van der Waals surface area contributed by atoms with Crippen LogP contribution in [-0.4, -0.2) is 20.7 Å². The lowest BCUT2D eigenvalue weighted by atomic mass is 10.1. The molecule has 0 radical (unpaired) electrons. The summed E-state index contributed by atoms with van der Waals surface area (Å²) in [5.41, 5.74) is 4.60. The highest BCUT2D eigenvalue weighted by molar-refractivity contribution is 9.10. The zero-order valence-electron chi connectivity index (χ0n) is 16.1. The smallest absolute Gasteiger partial charge is 0.295 e. The number of benzene rings is 3. The van der Waals surface area contributed by atoms with Crippen molar-refractivity contribution in [1.82, 2.24) is 14.8 Å². The Morgan fingerprint density at radius 1 is 0.931 bits per heavy atom. The Hall–Kier alpha value is -3.25. The van der Waals surface area contributed by atoms with Crippen LogP contribution >= 0.6 is 15.9 Å². The van der Waals surface area contributed by atoms with Crippen LogP contribution in [0.15, 0.2) is 77.3 Å². The lowest BCUT2D eigenvalue weighted by Gasteiger charge is -2.08. The van der Waals surface area contributed by atoms with Gasteiger partial charge in [0.2, 0.25) is 5.82 Å². The minimum Gasteiger partial charge on any atom is -0.319 e. The zero-order valence-corrected chi connectivity index (χ0v) is 17.6. The van der Waals surface area contributed by atoms with Gasteiger partial charge in [0.1, 0.15) is 0 Å². The zero-order chi connectivity index (χ0) is 20.4. The molecule has 0 saturated carbocycles. The van der Waals surface area contributed by atoms with E-state index in [0.29, 0.717) is 5.82 Å². The summed E-state index contributed by atoms with van der Waals surface area (Å²) in [6, 6.07) is 23.2. The van der Waals surface area contributed by atoms with Crippen LogP contribution in [0.5, 0.6) is 0 Å². The number of hydrogen-bond donors (Lipinski definition) is 1. The Balaban J connectivity index is 1.75. The van der Waals surface area contributed by atoms with Crippen LogP contribution in [-0.2, 0) is 0 Å². The van der Waals surface area contributed by atoms with Gasteiger partial charge in [-0.2, -0.15) is 0 Å². The minimum atomic E-state index is -0.341. The van der Waals surface area contributed by atoms with E-state index in [4.69, 9.17) is 0 Å². The lowest BCUT2D eigenvalue weighted by molar-refractivity contribution is 0.101. The molecule has 0 bridgehead atoms. The normalized spacial score (nSPS) is 10.7. The van der Waals surface area contributed by atoms with Crippen LogP contribution in [0, 0.1) is 13.8 Å². The molecule has 0 fully saturated rings. The van der Waals surface area contributed by atoms with Crippen molar-refractivity contribution in [1.29, 1.82) is 0 Å². The standard InChI is InChI=1S/C23H19BrN4O/c1-15-7-6-10-20(16(15)2)25-23(29)21-26-22(17-11-13-18(24)14-12-17)28(27-21)19-8-4-3-5-9-19/h3-14H,1-2H3,(H,25,29). The second kappa shape index (κ2) is 8.01. The first-order chi connectivity index (χ1) is 14.0. The van der Waals surface area contributed by atoms with Crippen molar-refractivity contribution in [3.05, 3.63) is 94.2 Å². The maximum atomic E-state index is 12.9. The molecule has 0 spiro atoms. The molecule has 6 heteroatoms. The fraction of sp³-hybridized carbons (Fsp3) is 0.0870. The first kappa shape index (κ1) is 19.1. The molecule has 0 atom stereocenters. The average molecular weight is 447 g/mol. The van der Waals surface area contributed by atoms with Gasteiger partial charge < -0.3 is 5.32 Å². The summed E-state index contributed by atoms with van der Waals surface area (Å²) >= 11 is 3.45. The highest BCUT2D eigenvalue weighted by Gasteiger charge is 2.19. The first-order valence-corrected chi connectivity index (χ1v) is 9.98. The summed E-state index contributed by atoms with van der Waals surface area (Å²) in [7, 11) is 0. The van der Waals surface area contributed by atoms with E-state index in [1.165, 1.54) is 0 Å². The molecule has 0 aliphatic carbocycles. The number of carbonyl (C=O) groups excluding carboxylic acids is 1. The van der Waals surface area contributed by atoms with E-state index < -0.39 is 0 Å². The summed E-state index contributed by atoms with van der Waals surface area (Å²) in [5.74, 6) is 0.384. The Morgan fingerprint density at radius 3 is 2.38 bits per heavy atom. The second-order valence-corrected chi connectivity index (χ2v) is 7.63. The third kappa shape index (κ3) is 3.98. The monoisotopic (exact) mass is 446 g/mol. The van der Waals surface area contributed by atoms with Crippen molar-refractivity contribution in [2.24, 2.45) is 0 Å². The van der Waals surface area contributed by atoms with E-state index in [1.54, 1.807) is 4.68 Å². The van der Waals surface area contributed by atoms with E-state index in [2.05, 4.69) is 31.3 Å². The van der Waals surface area contributed by atoms with Crippen molar-refractivity contribution in [3.63, 3.8) is 0 Å². The molecule has 0 aliphatic rings. The SMILES string of the molecule is Cc1cccc(NC(=O)c2nc(-c3ccc(Br)cc3)n(-c3ccccc3)n2)c1C. The summed E-state index contributed by atoms with van der Waals surface area (Å²) in [6.45, 7) is 3.99. The van der Waals surface area contributed by atoms with Crippen LogP contribution in [0.4, 0.5) is 5.69 Å². The quantitative estimate of drug-likeness (QED) is 0.445. The summed E-state index contributed by atoms with van der Waals surface area (Å²) in [6.07, 6.45) is 0. The number of aryl methyl sites for hydroxylation is 1. The largest absolute Gasteiger partial charge is 0.319 e. The molecule has 1 heterocycles. The molecule has 1 amide bonds. The maximum Gasteiger partial charge on any atom is 0.295 e. The molecule has 29 heavy (non-hydrogen) atoms.